The molecule has 0 saturated carbocycles. The minimum atomic E-state index is 0.0871. The van der Waals surface area contributed by atoms with Gasteiger partial charge in [0.15, 0.2) is 0 Å². The molecule has 3 atom stereocenters. The molecule has 6 nitrogen and oxygen atoms in total. The van der Waals surface area contributed by atoms with Crippen molar-refractivity contribution in [2.24, 2.45) is 0 Å². The fourth-order valence-electron chi connectivity index (χ4n) is 7.74. The summed E-state index contributed by atoms with van der Waals surface area (Å²) in [5, 5.41) is 3.09. The van der Waals surface area contributed by atoms with E-state index in [0.717, 1.165) is 43.8 Å². The molecule has 2 bridgehead atoms. The standard InChI is InChI=1S/C32H43N5O/c1-23(2)33-31(38)35-18-15-32(16-19-35,25-9-5-4-6-10-25)17-20-36-26-13-14-27(36)22-28(21-26)37-24(3)34-29-11-7-8-12-30(29)37/h4-12,23,26-28H,13-22H2,1-3H3,(H,33,38)/t26-,27+,28?. The summed E-state index contributed by atoms with van der Waals surface area (Å²) in [6.45, 7) is 9.05. The van der Waals surface area contributed by atoms with E-state index in [-0.39, 0.29) is 17.5 Å². The van der Waals surface area contributed by atoms with E-state index in [1.165, 1.54) is 43.2 Å². The van der Waals surface area contributed by atoms with Crippen molar-refractivity contribution >= 4 is 17.1 Å². The van der Waals surface area contributed by atoms with E-state index in [0.29, 0.717) is 18.1 Å². The average Bonchev–Trinajstić information content (AvgIpc) is 3.38. The number of fused-ring (bicyclic) bond motifs is 3. The van der Waals surface area contributed by atoms with Crippen LogP contribution in [0.25, 0.3) is 11.0 Å². The zero-order valence-electron chi connectivity index (χ0n) is 23.3. The normalized spacial score (nSPS) is 25.3. The Hall–Kier alpha value is -2.86. The number of aryl methyl sites for hydroxylation is 1. The van der Waals surface area contributed by atoms with Crippen LogP contribution in [0, 0.1) is 6.92 Å². The number of benzene rings is 2. The number of nitrogens with zero attached hydrogens (tertiary/aromatic N) is 4. The lowest BCUT2D eigenvalue weighted by Gasteiger charge is -2.45. The summed E-state index contributed by atoms with van der Waals surface area (Å²) in [5.74, 6) is 1.15. The Morgan fingerprint density at radius 1 is 0.974 bits per heavy atom. The van der Waals surface area contributed by atoms with Crippen LogP contribution in [0.4, 0.5) is 4.79 Å². The highest BCUT2D eigenvalue weighted by atomic mass is 16.2. The second-order valence-electron chi connectivity index (χ2n) is 12.3. The topological polar surface area (TPSA) is 53.4 Å². The molecule has 0 spiro atoms. The van der Waals surface area contributed by atoms with E-state index in [4.69, 9.17) is 4.98 Å². The first-order valence-electron chi connectivity index (χ1n) is 14.7. The van der Waals surface area contributed by atoms with Gasteiger partial charge in [0.25, 0.3) is 0 Å². The Labute approximate surface area is 227 Å². The van der Waals surface area contributed by atoms with Crippen molar-refractivity contribution < 1.29 is 4.79 Å². The minimum Gasteiger partial charge on any atom is -0.336 e. The largest absolute Gasteiger partial charge is 0.336 e. The summed E-state index contributed by atoms with van der Waals surface area (Å²) < 4.78 is 2.53. The number of amides is 2. The Bertz CT molecular complexity index is 1250. The molecule has 3 saturated heterocycles. The van der Waals surface area contributed by atoms with Gasteiger partial charge >= 0.3 is 6.03 Å². The first-order chi connectivity index (χ1) is 18.4. The number of carbonyl (C=O) groups is 1. The minimum absolute atomic E-state index is 0.0871. The number of imidazole rings is 1. The van der Waals surface area contributed by atoms with Gasteiger partial charge in [-0.1, -0.05) is 42.5 Å². The van der Waals surface area contributed by atoms with Crippen molar-refractivity contribution in [3.8, 4) is 0 Å². The van der Waals surface area contributed by atoms with Gasteiger partial charge in [-0.15, -0.1) is 0 Å². The second-order valence-corrected chi connectivity index (χ2v) is 12.3. The van der Waals surface area contributed by atoms with Gasteiger partial charge in [0.1, 0.15) is 5.82 Å². The van der Waals surface area contributed by atoms with Crippen LogP contribution in [0.2, 0.25) is 0 Å². The predicted octanol–water partition coefficient (Wildman–Crippen LogP) is 6.05. The number of para-hydroxylation sites is 2. The quantitative estimate of drug-likeness (QED) is 0.436. The van der Waals surface area contributed by atoms with E-state index < -0.39 is 0 Å². The van der Waals surface area contributed by atoms with Crippen LogP contribution in [-0.2, 0) is 5.41 Å². The van der Waals surface area contributed by atoms with Crippen molar-refractivity contribution in [2.45, 2.75) is 95.3 Å². The van der Waals surface area contributed by atoms with Crippen molar-refractivity contribution in [3.63, 3.8) is 0 Å². The molecular weight excluding hydrogens is 470 g/mol. The molecule has 38 heavy (non-hydrogen) atoms. The van der Waals surface area contributed by atoms with Gasteiger partial charge in [-0.05, 0) is 95.4 Å². The lowest BCUT2D eigenvalue weighted by atomic mass is 9.70. The number of hydrogen-bond donors (Lipinski definition) is 1. The average molecular weight is 514 g/mol. The van der Waals surface area contributed by atoms with Crippen LogP contribution >= 0.6 is 0 Å². The SMILES string of the molecule is Cc1nc2ccccc2n1C1C[C@H]2CC[C@@H](C1)N2CCC1(c2ccccc2)CCN(C(=O)NC(C)C)CC1. The highest BCUT2D eigenvalue weighted by Crippen LogP contribution is 2.45. The van der Waals surface area contributed by atoms with Gasteiger partial charge in [0, 0.05) is 37.3 Å². The summed E-state index contributed by atoms with van der Waals surface area (Å²) in [6, 6.07) is 21.9. The molecule has 2 amide bonds. The van der Waals surface area contributed by atoms with Crippen LogP contribution < -0.4 is 5.32 Å². The van der Waals surface area contributed by atoms with Crippen molar-refractivity contribution in [1.82, 2.24) is 24.7 Å². The Kier molecular flexibility index (Phi) is 6.93. The molecule has 2 aromatic carbocycles. The molecular formula is C32H43N5O. The van der Waals surface area contributed by atoms with Crippen LogP contribution in [0.1, 0.15) is 76.2 Å². The molecule has 0 aliphatic carbocycles. The van der Waals surface area contributed by atoms with Gasteiger partial charge in [-0.3, -0.25) is 4.90 Å². The van der Waals surface area contributed by atoms with Gasteiger partial charge < -0.3 is 14.8 Å². The lowest BCUT2D eigenvalue weighted by molar-refractivity contribution is 0.0857. The smallest absolute Gasteiger partial charge is 0.317 e. The second kappa shape index (κ2) is 10.4. The molecule has 3 aliphatic heterocycles. The van der Waals surface area contributed by atoms with Crippen molar-refractivity contribution in [3.05, 3.63) is 66.0 Å². The monoisotopic (exact) mass is 513 g/mol. The molecule has 3 aromatic rings. The molecule has 6 rings (SSSR count). The number of piperidine rings is 2. The maximum Gasteiger partial charge on any atom is 0.317 e. The summed E-state index contributed by atoms with van der Waals surface area (Å²) >= 11 is 0. The number of rotatable bonds is 6. The number of urea groups is 1. The number of aromatic nitrogens is 2. The third-order valence-corrected chi connectivity index (χ3v) is 9.65. The van der Waals surface area contributed by atoms with E-state index in [9.17, 15) is 4.79 Å². The zero-order valence-corrected chi connectivity index (χ0v) is 23.3. The number of hydrogen-bond acceptors (Lipinski definition) is 3. The van der Waals surface area contributed by atoms with Crippen molar-refractivity contribution in [2.75, 3.05) is 19.6 Å². The third kappa shape index (κ3) is 4.72. The Morgan fingerprint density at radius 2 is 1.63 bits per heavy atom. The van der Waals surface area contributed by atoms with Gasteiger partial charge in [0.05, 0.1) is 11.0 Å². The fraction of sp³-hybridized carbons (Fsp3) is 0.562. The molecule has 6 heteroatoms. The maximum absolute atomic E-state index is 12.7. The number of likely N-dealkylation sites (tertiary alicyclic amines) is 1. The fourth-order valence-corrected chi connectivity index (χ4v) is 7.74. The summed E-state index contributed by atoms with van der Waals surface area (Å²) in [4.78, 5) is 22.4. The van der Waals surface area contributed by atoms with Crippen LogP contribution in [0.15, 0.2) is 54.6 Å². The van der Waals surface area contributed by atoms with Gasteiger partial charge in [-0.25, -0.2) is 9.78 Å². The Morgan fingerprint density at radius 3 is 2.32 bits per heavy atom. The predicted molar refractivity (Wildman–Crippen MR) is 153 cm³/mol. The lowest BCUT2D eigenvalue weighted by Crippen LogP contribution is -2.51. The molecule has 4 heterocycles. The maximum atomic E-state index is 12.7. The molecule has 3 fully saturated rings. The number of carbonyl (C=O) groups excluding carboxylic acids is 1. The number of nitrogens with one attached hydrogen (secondary N) is 1. The third-order valence-electron chi connectivity index (χ3n) is 9.65. The van der Waals surface area contributed by atoms with Gasteiger partial charge in [0.2, 0.25) is 0 Å². The highest BCUT2D eigenvalue weighted by molar-refractivity contribution is 5.76. The van der Waals surface area contributed by atoms with E-state index >= 15 is 0 Å². The van der Waals surface area contributed by atoms with E-state index in [1.807, 2.05) is 18.7 Å². The van der Waals surface area contributed by atoms with E-state index in [1.54, 1.807) is 0 Å². The van der Waals surface area contributed by atoms with Crippen LogP contribution in [0.3, 0.4) is 0 Å². The molecule has 1 aromatic heterocycles. The molecule has 1 N–H and O–H groups in total. The summed E-state index contributed by atoms with van der Waals surface area (Å²) in [7, 11) is 0. The summed E-state index contributed by atoms with van der Waals surface area (Å²) in [5.41, 5.74) is 4.01. The molecule has 0 radical (unpaired) electrons. The first kappa shape index (κ1) is 25.4. The molecule has 3 aliphatic rings. The van der Waals surface area contributed by atoms with Crippen molar-refractivity contribution in [1.29, 1.82) is 0 Å². The summed E-state index contributed by atoms with van der Waals surface area (Å²) in [6.07, 6.45) is 8.31. The highest BCUT2D eigenvalue weighted by Gasteiger charge is 2.44. The molecule has 202 valence electrons. The van der Waals surface area contributed by atoms with Crippen LogP contribution in [0.5, 0.6) is 0 Å². The first-order valence-corrected chi connectivity index (χ1v) is 14.7. The van der Waals surface area contributed by atoms with E-state index in [2.05, 4.69) is 76.3 Å². The zero-order chi connectivity index (χ0) is 26.3. The molecule has 1 unspecified atom stereocenters. The Balaban J connectivity index is 1.16. The van der Waals surface area contributed by atoms with Crippen LogP contribution in [-0.4, -0.2) is 63.1 Å². The van der Waals surface area contributed by atoms with Gasteiger partial charge in [-0.2, -0.15) is 0 Å².